The number of H-pyrrole nitrogens is 1. The summed E-state index contributed by atoms with van der Waals surface area (Å²) in [6.45, 7) is 7.92. The van der Waals surface area contributed by atoms with Crippen LogP contribution in [0.3, 0.4) is 0 Å². The SMILES string of the molecule is CC(C)NC(=O)C(C)(C)c1cc2cc(NC(=O)C3(c4ccc5c(c4)OCO5)CC3)ccc2[nH]1. The Morgan fingerprint density at radius 2 is 1.79 bits per heavy atom. The van der Waals surface area contributed by atoms with Crippen LogP contribution in [0.15, 0.2) is 42.5 Å². The van der Waals surface area contributed by atoms with Crippen molar-refractivity contribution >= 4 is 28.4 Å². The van der Waals surface area contributed by atoms with Gasteiger partial charge in [-0.25, -0.2) is 0 Å². The van der Waals surface area contributed by atoms with Gasteiger partial charge in [0.2, 0.25) is 18.6 Å². The molecule has 7 nitrogen and oxygen atoms in total. The van der Waals surface area contributed by atoms with Gasteiger partial charge in [0.25, 0.3) is 0 Å². The molecule has 1 aromatic heterocycles. The molecule has 1 aliphatic carbocycles. The Labute approximate surface area is 192 Å². The number of rotatable bonds is 6. The summed E-state index contributed by atoms with van der Waals surface area (Å²) in [7, 11) is 0. The molecule has 3 N–H and O–H groups in total. The lowest BCUT2D eigenvalue weighted by Crippen LogP contribution is -2.43. The maximum absolute atomic E-state index is 13.2. The molecular formula is C26H29N3O4. The lowest BCUT2D eigenvalue weighted by atomic mass is 9.88. The van der Waals surface area contributed by atoms with Crippen LogP contribution in [-0.2, 0) is 20.4 Å². The largest absolute Gasteiger partial charge is 0.454 e. The highest BCUT2D eigenvalue weighted by molar-refractivity contribution is 6.02. The summed E-state index contributed by atoms with van der Waals surface area (Å²) in [6, 6.07) is 13.6. The third-order valence-corrected chi connectivity index (χ3v) is 6.65. The molecule has 2 aromatic carbocycles. The van der Waals surface area contributed by atoms with E-state index in [9.17, 15) is 9.59 Å². The molecule has 0 saturated heterocycles. The Balaban J connectivity index is 1.36. The Hall–Kier alpha value is -3.48. The quantitative estimate of drug-likeness (QED) is 0.523. The third kappa shape index (κ3) is 3.71. The topological polar surface area (TPSA) is 92.5 Å². The number of fused-ring (bicyclic) bond motifs is 2. The molecule has 2 amide bonds. The van der Waals surface area contributed by atoms with Crippen molar-refractivity contribution in [3.63, 3.8) is 0 Å². The number of anilines is 1. The van der Waals surface area contributed by atoms with Gasteiger partial charge < -0.3 is 25.1 Å². The first-order valence-electron chi connectivity index (χ1n) is 11.3. The number of carbonyl (C=O) groups excluding carboxylic acids is 2. The molecule has 5 rings (SSSR count). The van der Waals surface area contributed by atoms with Gasteiger partial charge in [0.05, 0.1) is 10.8 Å². The minimum Gasteiger partial charge on any atom is -0.454 e. The highest BCUT2D eigenvalue weighted by atomic mass is 16.7. The van der Waals surface area contributed by atoms with Crippen molar-refractivity contribution in [2.75, 3.05) is 12.1 Å². The van der Waals surface area contributed by atoms with E-state index < -0.39 is 10.8 Å². The summed E-state index contributed by atoms with van der Waals surface area (Å²) in [6.07, 6.45) is 1.60. The first-order chi connectivity index (χ1) is 15.7. The Bertz CT molecular complexity index is 1250. The second kappa shape index (κ2) is 7.54. The second-order valence-electron chi connectivity index (χ2n) is 9.84. The first-order valence-corrected chi connectivity index (χ1v) is 11.3. The molecule has 0 atom stereocenters. The van der Waals surface area contributed by atoms with Crippen LogP contribution >= 0.6 is 0 Å². The number of aromatic nitrogens is 1. The van der Waals surface area contributed by atoms with Gasteiger partial charge in [0.1, 0.15) is 0 Å². The standard InChI is InChI=1S/C26H29N3O4/c1-15(2)27-23(30)25(3,4)22-12-16-11-18(6-7-19(16)29-22)28-24(31)26(9-10-26)17-5-8-20-21(13-17)33-14-32-20/h5-8,11-13,15,29H,9-10,14H2,1-4H3,(H,27,30)(H,28,31). The zero-order chi connectivity index (χ0) is 23.4. The van der Waals surface area contributed by atoms with Crippen LogP contribution in [0.1, 0.15) is 51.8 Å². The molecule has 3 aromatic rings. The fraction of sp³-hybridized carbons (Fsp3) is 0.385. The maximum atomic E-state index is 13.2. The summed E-state index contributed by atoms with van der Waals surface area (Å²) < 4.78 is 10.9. The van der Waals surface area contributed by atoms with Crippen molar-refractivity contribution < 1.29 is 19.1 Å². The predicted molar refractivity (Wildman–Crippen MR) is 127 cm³/mol. The van der Waals surface area contributed by atoms with Crippen molar-refractivity contribution in [1.29, 1.82) is 0 Å². The van der Waals surface area contributed by atoms with Crippen LogP contribution < -0.4 is 20.1 Å². The van der Waals surface area contributed by atoms with Gasteiger partial charge in [-0.15, -0.1) is 0 Å². The van der Waals surface area contributed by atoms with Gasteiger partial charge in [-0.2, -0.15) is 0 Å². The number of ether oxygens (including phenoxy) is 2. The minimum absolute atomic E-state index is 0.0203. The van der Waals surface area contributed by atoms with Crippen LogP contribution in [0, 0.1) is 0 Å². The van der Waals surface area contributed by atoms with E-state index >= 15 is 0 Å². The maximum Gasteiger partial charge on any atom is 0.235 e. The number of nitrogens with one attached hydrogen (secondary N) is 3. The fourth-order valence-corrected chi connectivity index (χ4v) is 4.33. The van der Waals surface area contributed by atoms with E-state index in [0.29, 0.717) is 11.5 Å². The summed E-state index contributed by atoms with van der Waals surface area (Å²) in [5.74, 6) is 1.36. The molecule has 172 valence electrons. The molecule has 1 saturated carbocycles. The number of benzene rings is 2. The number of hydrogen-bond acceptors (Lipinski definition) is 4. The second-order valence-corrected chi connectivity index (χ2v) is 9.84. The van der Waals surface area contributed by atoms with Crippen LogP contribution in [0.2, 0.25) is 0 Å². The molecule has 0 bridgehead atoms. The van der Waals surface area contributed by atoms with E-state index in [1.807, 2.05) is 70.2 Å². The number of amides is 2. The van der Waals surface area contributed by atoms with Crippen molar-refractivity contribution in [3.8, 4) is 11.5 Å². The first kappa shape index (κ1) is 21.4. The van der Waals surface area contributed by atoms with Crippen molar-refractivity contribution in [3.05, 3.63) is 53.7 Å². The zero-order valence-electron chi connectivity index (χ0n) is 19.4. The number of carbonyl (C=O) groups is 2. The molecule has 33 heavy (non-hydrogen) atoms. The summed E-state index contributed by atoms with van der Waals surface area (Å²) in [4.78, 5) is 29.3. The molecular weight excluding hydrogens is 418 g/mol. The Morgan fingerprint density at radius 1 is 1.03 bits per heavy atom. The van der Waals surface area contributed by atoms with Gasteiger partial charge in [0, 0.05) is 28.3 Å². The van der Waals surface area contributed by atoms with E-state index in [-0.39, 0.29) is 24.6 Å². The number of aromatic amines is 1. The van der Waals surface area contributed by atoms with Crippen molar-refractivity contribution in [1.82, 2.24) is 10.3 Å². The Kier molecular flexibility index (Phi) is 4.88. The van der Waals surface area contributed by atoms with Gasteiger partial charge in [-0.1, -0.05) is 6.07 Å². The third-order valence-electron chi connectivity index (χ3n) is 6.65. The van der Waals surface area contributed by atoms with Crippen LogP contribution in [0.4, 0.5) is 5.69 Å². The molecule has 0 radical (unpaired) electrons. The molecule has 0 unspecified atom stereocenters. The normalized spacial score (nSPS) is 16.2. The Morgan fingerprint density at radius 3 is 2.52 bits per heavy atom. The molecule has 1 aliphatic heterocycles. The average molecular weight is 448 g/mol. The van der Waals surface area contributed by atoms with Crippen molar-refractivity contribution in [2.45, 2.75) is 57.4 Å². The van der Waals surface area contributed by atoms with Gasteiger partial charge in [0.15, 0.2) is 11.5 Å². The van der Waals surface area contributed by atoms with E-state index in [1.165, 1.54) is 0 Å². The minimum atomic E-state index is -0.704. The highest BCUT2D eigenvalue weighted by Crippen LogP contribution is 2.51. The van der Waals surface area contributed by atoms with Gasteiger partial charge in [-0.3, -0.25) is 9.59 Å². The van der Waals surface area contributed by atoms with E-state index in [4.69, 9.17) is 9.47 Å². The van der Waals surface area contributed by atoms with E-state index in [1.54, 1.807) is 0 Å². The average Bonchev–Trinajstić information content (AvgIpc) is 3.25. The van der Waals surface area contributed by atoms with Crippen LogP contribution in [0.25, 0.3) is 10.9 Å². The molecule has 2 aliphatic rings. The van der Waals surface area contributed by atoms with Crippen LogP contribution in [0.5, 0.6) is 11.5 Å². The van der Waals surface area contributed by atoms with Crippen molar-refractivity contribution in [2.24, 2.45) is 0 Å². The fourth-order valence-electron chi connectivity index (χ4n) is 4.33. The van der Waals surface area contributed by atoms with E-state index in [0.717, 1.165) is 40.7 Å². The highest BCUT2D eigenvalue weighted by Gasteiger charge is 2.51. The predicted octanol–water partition coefficient (Wildman–Crippen LogP) is 4.37. The summed E-state index contributed by atoms with van der Waals surface area (Å²) in [5, 5.41) is 7.03. The van der Waals surface area contributed by atoms with E-state index in [2.05, 4.69) is 15.6 Å². The molecule has 1 fully saturated rings. The molecule has 0 spiro atoms. The smallest absolute Gasteiger partial charge is 0.235 e. The lowest BCUT2D eigenvalue weighted by molar-refractivity contribution is -0.126. The lowest BCUT2D eigenvalue weighted by Gasteiger charge is -2.24. The summed E-state index contributed by atoms with van der Waals surface area (Å²) >= 11 is 0. The summed E-state index contributed by atoms with van der Waals surface area (Å²) in [5.41, 5.74) is 2.20. The van der Waals surface area contributed by atoms with Gasteiger partial charge >= 0.3 is 0 Å². The zero-order valence-corrected chi connectivity index (χ0v) is 19.4. The monoisotopic (exact) mass is 447 g/mol. The molecule has 2 heterocycles. The molecule has 7 heteroatoms. The van der Waals surface area contributed by atoms with Crippen LogP contribution in [-0.4, -0.2) is 29.6 Å². The number of hydrogen-bond donors (Lipinski definition) is 3. The van der Waals surface area contributed by atoms with Gasteiger partial charge in [-0.05, 0) is 82.5 Å².